The predicted molar refractivity (Wildman–Crippen MR) is 287 cm³/mol. The van der Waals surface area contributed by atoms with Gasteiger partial charge in [-0.3, -0.25) is 58.0 Å². The molecule has 1 fully saturated rings. The molecule has 28 nitrogen and oxygen atoms in total. The molecule has 1 aliphatic rings. The van der Waals surface area contributed by atoms with E-state index < -0.39 is 75.5 Å². The summed E-state index contributed by atoms with van der Waals surface area (Å²) in [5, 5.41) is 52.4. The molecular formula is C49H68N12O16S2. The number of carboxylic acid groups (broad SMARTS) is 3. The second kappa shape index (κ2) is 30.5. The van der Waals surface area contributed by atoms with Gasteiger partial charge in [-0.1, -0.05) is 28.8 Å². The number of Topliss-reactive ketones (excluding diaryl/α,β-unsaturated/α-hetero) is 1. The lowest BCUT2D eigenvalue weighted by Gasteiger charge is -2.33. The number of anilines is 1. The Bertz CT molecular complexity index is 2910. The first kappa shape index (κ1) is 63.0. The first-order valence-electron chi connectivity index (χ1n) is 25.0. The molecule has 0 bridgehead atoms. The van der Waals surface area contributed by atoms with Crippen LogP contribution in [0, 0.1) is 20.8 Å². The van der Waals surface area contributed by atoms with Crippen molar-refractivity contribution in [1.29, 1.82) is 0 Å². The lowest BCUT2D eigenvalue weighted by molar-refractivity contribution is -0.432. The number of carboxylic acids is 3. The van der Waals surface area contributed by atoms with Gasteiger partial charge in [0, 0.05) is 115 Å². The molecule has 0 unspecified atom stereocenters. The number of ketones is 1. The summed E-state index contributed by atoms with van der Waals surface area (Å²) in [5.74, 6) is -5.91. The Labute approximate surface area is 459 Å². The Morgan fingerprint density at radius 1 is 0.797 bits per heavy atom. The number of fused-ring (bicyclic) bond motifs is 1. The molecule has 1 aliphatic heterocycles. The zero-order chi connectivity index (χ0) is 57.8. The number of aromatic amines is 1. The van der Waals surface area contributed by atoms with Crippen LogP contribution in [0.3, 0.4) is 0 Å². The summed E-state index contributed by atoms with van der Waals surface area (Å²) < 4.78 is 35.7. The number of amides is 3. The van der Waals surface area contributed by atoms with Gasteiger partial charge in [0.05, 0.1) is 48.4 Å². The molecule has 3 amide bonds. The van der Waals surface area contributed by atoms with Crippen molar-refractivity contribution in [2.75, 3.05) is 103 Å². The molecule has 30 heteroatoms. The Kier molecular flexibility index (Phi) is 24.3. The van der Waals surface area contributed by atoms with Gasteiger partial charge < -0.3 is 46.1 Å². The van der Waals surface area contributed by atoms with Gasteiger partial charge in [0.2, 0.25) is 27.3 Å². The number of carbonyl (C=O) groups is 7. The number of nitrogens with zero attached hydrogens (tertiary/aromatic N) is 6. The minimum absolute atomic E-state index is 0.00174. The third-order valence-corrected chi connectivity index (χ3v) is 15.1. The highest BCUT2D eigenvalue weighted by molar-refractivity contribution is 7.94. The third kappa shape index (κ3) is 20.1. The molecule has 0 saturated carbocycles. The van der Waals surface area contributed by atoms with Crippen LogP contribution in [0.25, 0.3) is 10.9 Å². The molecule has 0 radical (unpaired) electrons. The topological polar surface area (TPSA) is 377 Å². The van der Waals surface area contributed by atoms with E-state index in [9.17, 15) is 62.1 Å². The lowest BCUT2D eigenvalue weighted by atomic mass is 10.1. The van der Waals surface area contributed by atoms with Crippen molar-refractivity contribution >= 4 is 80.3 Å². The van der Waals surface area contributed by atoms with E-state index in [1.165, 1.54) is 13.1 Å². The summed E-state index contributed by atoms with van der Waals surface area (Å²) in [6, 6.07) is 5.72. The fourth-order valence-corrected chi connectivity index (χ4v) is 11.1. The normalized spacial score (nSPS) is 15.3. The maximum atomic E-state index is 14.0. The molecule has 3 heterocycles. The maximum Gasteiger partial charge on any atom is 0.317 e. The van der Waals surface area contributed by atoms with Crippen molar-refractivity contribution in [3.05, 3.63) is 87.0 Å². The fraction of sp³-hybridized carbons (Fsp3) is 0.490. The van der Waals surface area contributed by atoms with Gasteiger partial charge in [-0.25, -0.2) is 18.7 Å². The quantitative estimate of drug-likeness (QED) is 0.0148. The average molecular weight is 1150 g/mol. The van der Waals surface area contributed by atoms with Crippen molar-refractivity contribution in [3.63, 3.8) is 0 Å². The number of benzene rings is 2. The zero-order valence-corrected chi connectivity index (χ0v) is 45.8. The maximum absolute atomic E-state index is 14.0. The second-order valence-electron chi connectivity index (χ2n) is 18.9. The minimum atomic E-state index is -4.25. The molecule has 432 valence electrons. The van der Waals surface area contributed by atoms with Crippen LogP contribution in [0.4, 0.5) is 5.95 Å². The van der Waals surface area contributed by atoms with Crippen molar-refractivity contribution in [3.8, 4) is 0 Å². The van der Waals surface area contributed by atoms with E-state index in [1.807, 2.05) is 6.92 Å². The van der Waals surface area contributed by atoms with Gasteiger partial charge in [0.25, 0.3) is 5.91 Å². The minimum Gasteiger partial charge on any atom is -0.480 e. The summed E-state index contributed by atoms with van der Waals surface area (Å²) in [4.78, 5) is 117. The smallest absolute Gasteiger partial charge is 0.317 e. The first-order chi connectivity index (χ1) is 37.5. The van der Waals surface area contributed by atoms with Gasteiger partial charge in [-0.05, 0) is 62.9 Å². The monoisotopic (exact) mass is 1140 g/mol. The summed E-state index contributed by atoms with van der Waals surface area (Å²) in [6.45, 7) is 5.98. The number of imidazole rings is 1. The molecule has 0 spiro atoms. The van der Waals surface area contributed by atoms with Gasteiger partial charge in [0.1, 0.15) is 17.4 Å². The Morgan fingerprint density at radius 2 is 1.37 bits per heavy atom. The summed E-state index contributed by atoms with van der Waals surface area (Å²) in [5.41, 5.74) is 1.97. The molecule has 79 heavy (non-hydrogen) atoms. The number of aromatic nitrogens is 3. The number of nitrogens with one attached hydrogen (secondary N) is 6. The number of hydrogen-bond acceptors (Lipinski definition) is 20. The summed E-state index contributed by atoms with van der Waals surface area (Å²) >= 11 is 0.505. The first-order valence-corrected chi connectivity index (χ1v) is 27.4. The number of carbonyl (C=O) groups excluding carboxylic acids is 4. The fourth-order valence-electron chi connectivity index (χ4n) is 8.95. The van der Waals surface area contributed by atoms with E-state index >= 15 is 0 Å². The number of rotatable bonds is 28. The third-order valence-electron chi connectivity index (χ3n) is 12.7. The van der Waals surface area contributed by atoms with E-state index in [-0.39, 0.29) is 126 Å². The Morgan fingerprint density at radius 3 is 1.89 bits per heavy atom. The van der Waals surface area contributed by atoms with Crippen LogP contribution in [0.2, 0.25) is 0 Å². The van der Waals surface area contributed by atoms with Crippen molar-refractivity contribution < 1.29 is 71.9 Å². The van der Waals surface area contributed by atoms with Crippen LogP contribution < -0.4 is 31.4 Å². The van der Waals surface area contributed by atoms with E-state index in [4.69, 9.17) is 5.26 Å². The molecule has 2 atom stereocenters. The highest BCUT2D eigenvalue weighted by Crippen LogP contribution is 2.22. The Hall–Kier alpha value is -6.87. The molecule has 10 N–H and O–H groups in total. The highest BCUT2D eigenvalue weighted by Gasteiger charge is 2.29. The SMILES string of the molecule is CC(=O)[C@H](CNC(=O)c1cn(CCCNC(=O)[C@H](CSOOO)NC(=O)CN2CCN(CC(=O)O)CCN(CC(=O)O)CCN(CC(=O)O)CC2)c2cc(CNc3ncc[nH]3)ccc2c1=O)NS(=O)(=O)c1c(C)cc(C)cc1C. The molecule has 4 aromatic rings. The van der Waals surface area contributed by atoms with Crippen molar-refractivity contribution in [2.45, 2.75) is 64.2 Å². The molecule has 2 aromatic carbocycles. The summed E-state index contributed by atoms with van der Waals surface area (Å²) in [6.07, 6.45) is 4.73. The van der Waals surface area contributed by atoms with Crippen LogP contribution >= 0.6 is 12.0 Å². The standard InChI is InChI=1S/C49H68N12O16S2/c1-31-20-32(2)46(33(3)21-31)79(74,75)56-38(34(4)62)24-53-47(71)37-25-61(40-22-35(6-7-36(40)45(37)70)23-54-49-51-9-10-52-49)11-5-8-50-48(72)39(30-78-77-76-73)55-41(63)26-57-12-14-58(27-42(64)65)16-18-60(29-44(68)69)19-17-59(15-13-57)28-43(66)67/h6-7,9-10,20-22,25,38-39,56,73H,5,8,11-19,23-24,26-30H2,1-4H3,(H,50,72)(H,53,71)(H,55,63)(H,64,65)(H,66,67)(H,68,69)(H2,51,52,54)/t38-,39-/m0/s1. The van der Waals surface area contributed by atoms with Crippen LogP contribution in [-0.4, -0.2) is 214 Å². The second-order valence-corrected chi connectivity index (χ2v) is 21.3. The molecule has 1 saturated heterocycles. The number of sulfonamides is 1. The van der Waals surface area contributed by atoms with Crippen LogP contribution in [-0.2, 0) is 61.3 Å². The Balaban J connectivity index is 1.31. The number of aliphatic carboxylic acids is 3. The van der Waals surface area contributed by atoms with Gasteiger partial charge >= 0.3 is 17.9 Å². The van der Waals surface area contributed by atoms with E-state index in [0.29, 0.717) is 34.6 Å². The zero-order valence-electron chi connectivity index (χ0n) is 44.2. The number of H-pyrrole nitrogens is 1. The highest BCUT2D eigenvalue weighted by atomic mass is 32.2. The van der Waals surface area contributed by atoms with Crippen LogP contribution in [0.1, 0.15) is 46.0 Å². The van der Waals surface area contributed by atoms with Gasteiger partial charge in [0.15, 0.2) is 5.95 Å². The number of aryl methyl sites for hydroxylation is 4. The molecule has 2 aromatic heterocycles. The van der Waals surface area contributed by atoms with Crippen molar-refractivity contribution in [2.24, 2.45) is 0 Å². The lowest BCUT2D eigenvalue weighted by Crippen LogP contribution is -2.53. The predicted octanol–water partition coefficient (Wildman–Crippen LogP) is -0.536. The van der Waals surface area contributed by atoms with Crippen LogP contribution in [0.15, 0.2) is 58.6 Å². The average Bonchev–Trinajstić information content (AvgIpc) is 4.05. The van der Waals surface area contributed by atoms with E-state index in [2.05, 4.69) is 45.3 Å². The summed E-state index contributed by atoms with van der Waals surface area (Å²) in [7, 11) is -4.25. The van der Waals surface area contributed by atoms with E-state index in [1.54, 1.807) is 80.7 Å². The largest absolute Gasteiger partial charge is 0.480 e. The molecular weight excluding hydrogens is 1080 g/mol. The van der Waals surface area contributed by atoms with Crippen LogP contribution in [0.5, 0.6) is 0 Å². The van der Waals surface area contributed by atoms with Crippen molar-refractivity contribution in [1.82, 2.24) is 54.8 Å². The van der Waals surface area contributed by atoms with Gasteiger partial charge in [-0.2, -0.15) is 4.72 Å². The number of pyridine rings is 1. The molecule has 5 rings (SSSR count). The van der Waals surface area contributed by atoms with Gasteiger partial charge in [-0.15, -0.1) is 4.33 Å². The number of hydrogen-bond donors (Lipinski definition) is 10. The molecule has 0 aliphatic carbocycles. The van der Waals surface area contributed by atoms with E-state index in [0.717, 1.165) is 11.1 Å².